The average Bonchev–Trinajstić information content (AvgIpc) is 2.63. The lowest BCUT2D eigenvalue weighted by atomic mass is 10.2. The summed E-state index contributed by atoms with van der Waals surface area (Å²) in [6.45, 7) is 9.55. The molecule has 0 fully saturated rings. The van der Waals surface area contributed by atoms with Crippen LogP contribution in [-0.4, -0.2) is 23.3 Å². The van der Waals surface area contributed by atoms with Crippen molar-refractivity contribution in [3.63, 3.8) is 0 Å². The zero-order valence-corrected chi connectivity index (χ0v) is 9.78. The van der Waals surface area contributed by atoms with E-state index in [4.69, 9.17) is 9.26 Å². The van der Waals surface area contributed by atoms with Crippen molar-refractivity contribution in [1.82, 2.24) is 10.1 Å². The molecular formula is C10H19N3O2. The molecule has 1 atom stereocenters. The van der Waals surface area contributed by atoms with Crippen LogP contribution in [0.3, 0.4) is 0 Å². The lowest BCUT2D eigenvalue weighted by molar-refractivity contribution is 0.0683. The van der Waals surface area contributed by atoms with E-state index in [0.717, 1.165) is 6.54 Å². The van der Waals surface area contributed by atoms with E-state index in [9.17, 15) is 0 Å². The molecule has 0 saturated carbocycles. The summed E-state index contributed by atoms with van der Waals surface area (Å²) >= 11 is 0. The van der Waals surface area contributed by atoms with Gasteiger partial charge in [0.15, 0.2) is 0 Å². The second kappa shape index (κ2) is 5.70. The van der Waals surface area contributed by atoms with Crippen LogP contribution in [0.4, 0.5) is 6.01 Å². The Morgan fingerprint density at radius 1 is 1.40 bits per heavy atom. The SMILES string of the molecule is CCOC(C)c1noc(NCC(C)C)n1. The predicted octanol–water partition coefficient (Wildman–Crippen LogP) is 2.24. The average molecular weight is 213 g/mol. The van der Waals surface area contributed by atoms with Crippen LogP contribution in [0.15, 0.2) is 4.52 Å². The van der Waals surface area contributed by atoms with E-state index >= 15 is 0 Å². The molecule has 0 spiro atoms. The Kier molecular flexibility index (Phi) is 4.55. The first-order valence-corrected chi connectivity index (χ1v) is 5.32. The molecule has 0 bridgehead atoms. The molecule has 0 aromatic carbocycles. The molecule has 1 rings (SSSR count). The molecule has 1 aromatic heterocycles. The minimum Gasteiger partial charge on any atom is -0.371 e. The molecule has 1 N–H and O–H groups in total. The van der Waals surface area contributed by atoms with Crippen LogP contribution in [-0.2, 0) is 4.74 Å². The maximum absolute atomic E-state index is 5.35. The highest BCUT2D eigenvalue weighted by molar-refractivity contribution is 5.18. The third-order valence-electron chi connectivity index (χ3n) is 1.88. The molecule has 0 aliphatic heterocycles. The molecule has 0 aliphatic carbocycles. The van der Waals surface area contributed by atoms with Crippen molar-refractivity contribution in [3.05, 3.63) is 5.82 Å². The number of rotatable bonds is 6. The third-order valence-corrected chi connectivity index (χ3v) is 1.88. The van der Waals surface area contributed by atoms with Gasteiger partial charge in [-0.25, -0.2) is 0 Å². The Hall–Kier alpha value is -1.10. The van der Waals surface area contributed by atoms with Crippen LogP contribution in [0, 0.1) is 5.92 Å². The Bertz CT molecular complexity index is 286. The fraction of sp³-hybridized carbons (Fsp3) is 0.800. The van der Waals surface area contributed by atoms with Crippen LogP contribution in [0.5, 0.6) is 0 Å². The molecule has 0 amide bonds. The first kappa shape index (κ1) is 12.0. The second-order valence-corrected chi connectivity index (χ2v) is 3.83. The van der Waals surface area contributed by atoms with Gasteiger partial charge in [-0.05, 0) is 19.8 Å². The zero-order valence-electron chi connectivity index (χ0n) is 9.78. The summed E-state index contributed by atoms with van der Waals surface area (Å²) in [5, 5.41) is 6.90. The highest BCUT2D eigenvalue weighted by Crippen LogP contribution is 2.14. The summed E-state index contributed by atoms with van der Waals surface area (Å²) in [5.41, 5.74) is 0. The van der Waals surface area contributed by atoms with Gasteiger partial charge in [-0.1, -0.05) is 19.0 Å². The van der Waals surface area contributed by atoms with E-state index in [1.165, 1.54) is 0 Å². The molecule has 5 nitrogen and oxygen atoms in total. The Labute approximate surface area is 90.2 Å². The van der Waals surface area contributed by atoms with Gasteiger partial charge < -0.3 is 14.6 Å². The van der Waals surface area contributed by atoms with E-state index in [0.29, 0.717) is 24.4 Å². The van der Waals surface area contributed by atoms with Gasteiger partial charge in [-0.3, -0.25) is 0 Å². The lowest BCUT2D eigenvalue weighted by Gasteiger charge is -2.05. The number of nitrogens with zero attached hydrogens (tertiary/aromatic N) is 2. The largest absolute Gasteiger partial charge is 0.371 e. The van der Waals surface area contributed by atoms with E-state index in [1.54, 1.807) is 0 Å². The summed E-state index contributed by atoms with van der Waals surface area (Å²) in [7, 11) is 0. The highest BCUT2D eigenvalue weighted by Gasteiger charge is 2.13. The van der Waals surface area contributed by atoms with Gasteiger partial charge >= 0.3 is 6.01 Å². The second-order valence-electron chi connectivity index (χ2n) is 3.83. The number of aromatic nitrogens is 2. The molecule has 0 saturated heterocycles. The summed E-state index contributed by atoms with van der Waals surface area (Å²) in [6.07, 6.45) is -0.117. The summed E-state index contributed by atoms with van der Waals surface area (Å²) in [4.78, 5) is 4.19. The van der Waals surface area contributed by atoms with Crippen LogP contribution < -0.4 is 5.32 Å². The van der Waals surface area contributed by atoms with Crippen molar-refractivity contribution in [1.29, 1.82) is 0 Å². The molecule has 1 aromatic rings. The molecule has 86 valence electrons. The molecule has 0 aliphatic rings. The van der Waals surface area contributed by atoms with Crippen LogP contribution in [0.25, 0.3) is 0 Å². The Balaban J connectivity index is 2.48. The molecule has 15 heavy (non-hydrogen) atoms. The monoisotopic (exact) mass is 213 g/mol. The maximum atomic E-state index is 5.35. The van der Waals surface area contributed by atoms with Gasteiger partial charge in [0.2, 0.25) is 5.82 Å². The Morgan fingerprint density at radius 2 is 2.13 bits per heavy atom. The van der Waals surface area contributed by atoms with E-state index < -0.39 is 0 Å². The fourth-order valence-corrected chi connectivity index (χ4v) is 1.09. The number of anilines is 1. The van der Waals surface area contributed by atoms with Crippen LogP contribution >= 0.6 is 0 Å². The smallest absolute Gasteiger partial charge is 0.321 e. The first-order valence-electron chi connectivity index (χ1n) is 5.32. The van der Waals surface area contributed by atoms with Crippen molar-refractivity contribution in [3.8, 4) is 0 Å². The quantitative estimate of drug-likeness (QED) is 0.785. The van der Waals surface area contributed by atoms with Gasteiger partial charge in [0, 0.05) is 13.2 Å². The van der Waals surface area contributed by atoms with Gasteiger partial charge in [-0.2, -0.15) is 4.98 Å². The molecule has 1 unspecified atom stereocenters. The number of nitrogens with one attached hydrogen (secondary N) is 1. The molecule has 5 heteroatoms. The van der Waals surface area contributed by atoms with E-state index in [1.807, 2.05) is 13.8 Å². The number of hydrogen-bond donors (Lipinski definition) is 1. The summed E-state index contributed by atoms with van der Waals surface area (Å²) < 4.78 is 10.4. The van der Waals surface area contributed by atoms with Gasteiger partial charge in [0.25, 0.3) is 0 Å². The maximum Gasteiger partial charge on any atom is 0.321 e. The lowest BCUT2D eigenvalue weighted by Crippen LogP contribution is -2.08. The van der Waals surface area contributed by atoms with E-state index in [2.05, 4.69) is 29.3 Å². The van der Waals surface area contributed by atoms with Crippen molar-refractivity contribution < 1.29 is 9.26 Å². The summed E-state index contributed by atoms with van der Waals surface area (Å²) in [5.74, 6) is 1.13. The van der Waals surface area contributed by atoms with Gasteiger partial charge in [0.05, 0.1) is 0 Å². The number of hydrogen-bond acceptors (Lipinski definition) is 5. The topological polar surface area (TPSA) is 60.2 Å². The number of ether oxygens (including phenoxy) is 1. The minimum absolute atomic E-state index is 0.117. The van der Waals surface area contributed by atoms with Crippen molar-refractivity contribution in [2.24, 2.45) is 5.92 Å². The summed E-state index contributed by atoms with van der Waals surface area (Å²) in [6, 6.07) is 0.463. The molecule has 0 radical (unpaired) electrons. The normalized spacial score (nSPS) is 13.1. The minimum atomic E-state index is -0.117. The molecular weight excluding hydrogens is 194 g/mol. The van der Waals surface area contributed by atoms with Crippen LogP contribution in [0.1, 0.15) is 39.6 Å². The van der Waals surface area contributed by atoms with Gasteiger partial charge in [0.1, 0.15) is 6.10 Å². The van der Waals surface area contributed by atoms with Crippen molar-refractivity contribution in [2.45, 2.75) is 33.8 Å². The highest BCUT2D eigenvalue weighted by atomic mass is 16.5. The Morgan fingerprint density at radius 3 is 2.73 bits per heavy atom. The van der Waals surface area contributed by atoms with Crippen molar-refractivity contribution >= 4 is 6.01 Å². The fourth-order valence-electron chi connectivity index (χ4n) is 1.09. The standard InChI is InChI=1S/C10H19N3O2/c1-5-14-8(4)9-12-10(15-13-9)11-6-7(2)3/h7-8H,5-6H2,1-4H3,(H,11,12,13). The van der Waals surface area contributed by atoms with E-state index in [-0.39, 0.29) is 6.10 Å². The molecule has 1 heterocycles. The van der Waals surface area contributed by atoms with Gasteiger partial charge in [-0.15, -0.1) is 0 Å². The third kappa shape index (κ3) is 3.87. The van der Waals surface area contributed by atoms with Crippen LogP contribution in [0.2, 0.25) is 0 Å². The first-order chi connectivity index (χ1) is 7.13. The zero-order chi connectivity index (χ0) is 11.3. The van der Waals surface area contributed by atoms with Crippen molar-refractivity contribution in [2.75, 3.05) is 18.5 Å². The predicted molar refractivity (Wildman–Crippen MR) is 57.7 cm³/mol.